The van der Waals surface area contributed by atoms with E-state index in [0.29, 0.717) is 23.6 Å². The van der Waals surface area contributed by atoms with Crippen LogP contribution in [-0.4, -0.2) is 27.1 Å². The van der Waals surface area contributed by atoms with Gasteiger partial charge in [-0.15, -0.1) is 0 Å². The van der Waals surface area contributed by atoms with Gasteiger partial charge in [0.15, 0.2) is 0 Å². The van der Waals surface area contributed by atoms with Crippen molar-refractivity contribution in [3.8, 4) is 5.75 Å². The average molecular weight is 457 g/mol. The van der Waals surface area contributed by atoms with E-state index in [4.69, 9.17) is 4.74 Å². The van der Waals surface area contributed by atoms with E-state index in [0.717, 1.165) is 16.1 Å². The quantitative estimate of drug-likeness (QED) is 0.527. The number of halogens is 1. The SMILES string of the molecule is C[C@@H](NC(=O)CN(c1ccc(OCc2ccccc2)cc1)S(C)(=O)=O)c1ccc(F)cc1. The summed E-state index contributed by atoms with van der Waals surface area (Å²) in [5.41, 5.74) is 2.08. The van der Waals surface area contributed by atoms with E-state index in [1.54, 1.807) is 43.3 Å². The Morgan fingerprint density at radius 2 is 1.62 bits per heavy atom. The monoisotopic (exact) mass is 456 g/mol. The van der Waals surface area contributed by atoms with E-state index < -0.39 is 22.0 Å². The molecular formula is C24H25FN2O4S. The van der Waals surface area contributed by atoms with Gasteiger partial charge in [0.05, 0.1) is 18.0 Å². The molecule has 8 heteroatoms. The highest BCUT2D eigenvalue weighted by Crippen LogP contribution is 2.22. The van der Waals surface area contributed by atoms with Crippen LogP contribution < -0.4 is 14.4 Å². The third kappa shape index (κ3) is 6.55. The summed E-state index contributed by atoms with van der Waals surface area (Å²) in [6, 6.07) is 21.5. The van der Waals surface area contributed by atoms with Crippen LogP contribution in [0.1, 0.15) is 24.1 Å². The van der Waals surface area contributed by atoms with Crippen LogP contribution in [0.5, 0.6) is 5.75 Å². The van der Waals surface area contributed by atoms with Gasteiger partial charge in [-0.1, -0.05) is 42.5 Å². The molecule has 0 aliphatic rings. The Kier molecular flexibility index (Phi) is 7.48. The van der Waals surface area contributed by atoms with Gasteiger partial charge in [-0.2, -0.15) is 0 Å². The summed E-state index contributed by atoms with van der Waals surface area (Å²) in [6.07, 6.45) is 1.05. The Labute approximate surface area is 187 Å². The van der Waals surface area contributed by atoms with E-state index in [1.807, 2.05) is 30.3 Å². The van der Waals surface area contributed by atoms with Crippen molar-refractivity contribution in [2.75, 3.05) is 17.1 Å². The van der Waals surface area contributed by atoms with Crippen molar-refractivity contribution in [1.82, 2.24) is 5.32 Å². The molecule has 3 aromatic carbocycles. The number of nitrogens with one attached hydrogen (secondary N) is 1. The standard InChI is InChI=1S/C24H25FN2O4S/c1-18(20-8-10-21(25)11-9-20)26-24(28)16-27(32(2,29)30)22-12-14-23(15-13-22)31-17-19-6-4-3-5-7-19/h3-15,18H,16-17H2,1-2H3,(H,26,28)/t18-/m1/s1. The highest BCUT2D eigenvalue weighted by Gasteiger charge is 2.22. The Balaban J connectivity index is 1.65. The molecule has 0 heterocycles. The maximum absolute atomic E-state index is 13.1. The first-order valence-corrected chi connectivity index (χ1v) is 11.9. The highest BCUT2D eigenvalue weighted by atomic mass is 32.2. The summed E-state index contributed by atoms with van der Waals surface area (Å²) in [5, 5.41) is 2.75. The second-order valence-electron chi connectivity index (χ2n) is 7.38. The number of nitrogens with zero attached hydrogens (tertiary/aromatic N) is 1. The van der Waals surface area contributed by atoms with Crippen LogP contribution in [0, 0.1) is 5.82 Å². The number of ether oxygens (including phenoxy) is 1. The van der Waals surface area contributed by atoms with Crippen molar-refractivity contribution in [3.63, 3.8) is 0 Å². The first-order valence-electron chi connectivity index (χ1n) is 10.0. The van der Waals surface area contributed by atoms with Gasteiger partial charge in [-0.05, 0) is 54.4 Å². The van der Waals surface area contributed by atoms with Crippen LogP contribution in [0.15, 0.2) is 78.9 Å². The predicted octanol–water partition coefficient (Wildman–Crippen LogP) is 4.05. The fourth-order valence-corrected chi connectivity index (χ4v) is 3.96. The second kappa shape index (κ2) is 10.3. The summed E-state index contributed by atoms with van der Waals surface area (Å²) < 4.78 is 44.5. The molecule has 6 nitrogen and oxygen atoms in total. The zero-order valence-corrected chi connectivity index (χ0v) is 18.7. The molecule has 0 aliphatic heterocycles. The minimum Gasteiger partial charge on any atom is -0.489 e. The molecule has 168 valence electrons. The normalized spacial score (nSPS) is 12.1. The number of carbonyl (C=O) groups is 1. The van der Waals surface area contributed by atoms with Crippen LogP contribution >= 0.6 is 0 Å². The van der Waals surface area contributed by atoms with Gasteiger partial charge in [-0.25, -0.2) is 12.8 Å². The fraction of sp³-hybridized carbons (Fsp3) is 0.208. The van der Waals surface area contributed by atoms with Gasteiger partial charge in [-0.3, -0.25) is 9.10 Å². The molecule has 3 rings (SSSR count). The van der Waals surface area contributed by atoms with Crippen molar-refractivity contribution in [3.05, 3.63) is 95.8 Å². The summed E-state index contributed by atoms with van der Waals surface area (Å²) in [7, 11) is -3.71. The van der Waals surface area contributed by atoms with Crippen molar-refractivity contribution < 1.29 is 22.3 Å². The molecule has 0 radical (unpaired) electrons. The molecular weight excluding hydrogens is 431 g/mol. The Hall–Kier alpha value is -3.39. The zero-order valence-electron chi connectivity index (χ0n) is 17.9. The van der Waals surface area contributed by atoms with Crippen molar-refractivity contribution in [2.45, 2.75) is 19.6 Å². The fourth-order valence-electron chi connectivity index (χ4n) is 3.10. The molecule has 1 N–H and O–H groups in total. The topological polar surface area (TPSA) is 75.7 Å². The summed E-state index contributed by atoms with van der Waals surface area (Å²) in [5.74, 6) is -0.260. The van der Waals surface area contributed by atoms with Crippen LogP contribution in [-0.2, 0) is 21.4 Å². The van der Waals surface area contributed by atoms with E-state index in [2.05, 4.69) is 5.32 Å². The average Bonchev–Trinajstić information content (AvgIpc) is 2.77. The minimum atomic E-state index is -3.71. The molecule has 0 fully saturated rings. The number of sulfonamides is 1. The largest absolute Gasteiger partial charge is 0.489 e. The molecule has 0 aromatic heterocycles. The molecule has 3 aromatic rings. The smallest absolute Gasteiger partial charge is 0.241 e. The van der Waals surface area contributed by atoms with Crippen LogP contribution in [0.25, 0.3) is 0 Å². The zero-order chi connectivity index (χ0) is 23.1. The lowest BCUT2D eigenvalue weighted by molar-refractivity contribution is -0.120. The molecule has 1 amide bonds. The van der Waals surface area contributed by atoms with Crippen molar-refractivity contribution >= 4 is 21.6 Å². The van der Waals surface area contributed by atoms with E-state index >= 15 is 0 Å². The number of rotatable bonds is 9. The van der Waals surface area contributed by atoms with Crippen LogP contribution in [0.2, 0.25) is 0 Å². The third-order valence-corrected chi connectivity index (χ3v) is 5.95. The Morgan fingerprint density at radius 1 is 1.00 bits per heavy atom. The lowest BCUT2D eigenvalue weighted by Gasteiger charge is -2.23. The lowest BCUT2D eigenvalue weighted by atomic mass is 10.1. The van der Waals surface area contributed by atoms with Gasteiger partial charge in [0.1, 0.15) is 24.7 Å². The molecule has 0 saturated heterocycles. The highest BCUT2D eigenvalue weighted by molar-refractivity contribution is 7.92. The minimum absolute atomic E-state index is 0.351. The first kappa shape index (κ1) is 23.3. The lowest BCUT2D eigenvalue weighted by Crippen LogP contribution is -2.41. The Bertz CT molecular complexity index is 1130. The Morgan fingerprint density at radius 3 is 2.22 bits per heavy atom. The number of hydrogen-bond acceptors (Lipinski definition) is 4. The van der Waals surface area contributed by atoms with Crippen molar-refractivity contribution in [2.24, 2.45) is 0 Å². The van der Waals surface area contributed by atoms with E-state index in [-0.39, 0.29) is 12.4 Å². The number of hydrogen-bond donors (Lipinski definition) is 1. The van der Waals surface area contributed by atoms with Crippen LogP contribution in [0.4, 0.5) is 10.1 Å². The van der Waals surface area contributed by atoms with Crippen molar-refractivity contribution in [1.29, 1.82) is 0 Å². The van der Waals surface area contributed by atoms with Gasteiger partial charge in [0.2, 0.25) is 15.9 Å². The predicted molar refractivity (Wildman–Crippen MR) is 122 cm³/mol. The van der Waals surface area contributed by atoms with Crippen LogP contribution in [0.3, 0.4) is 0 Å². The summed E-state index contributed by atoms with van der Waals surface area (Å²) in [4.78, 5) is 12.5. The number of carbonyl (C=O) groups excluding carboxylic acids is 1. The number of anilines is 1. The number of benzene rings is 3. The summed E-state index contributed by atoms with van der Waals surface area (Å²) >= 11 is 0. The molecule has 0 unspecified atom stereocenters. The second-order valence-corrected chi connectivity index (χ2v) is 9.29. The van der Waals surface area contributed by atoms with E-state index in [1.165, 1.54) is 12.1 Å². The molecule has 32 heavy (non-hydrogen) atoms. The molecule has 0 saturated carbocycles. The summed E-state index contributed by atoms with van der Waals surface area (Å²) in [6.45, 7) is 1.75. The maximum atomic E-state index is 13.1. The molecule has 0 spiro atoms. The molecule has 0 aliphatic carbocycles. The molecule has 0 bridgehead atoms. The van der Waals surface area contributed by atoms with Gasteiger partial charge >= 0.3 is 0 Å². The van der Waals surface area contributed by atoms with Gasteiger partial charge in [0.25, 0.3) is 0 Å². The third-order valence-electron chi connectivity index (χ3n) is 4.81. The number of amides is 1. The van der Waals surface area contributed by atoms with Gasteiger partial charge < -0.3 is 10.1 Å². The first-order chi connectivity index (χ1) is 15.2. The van der Waals surface area contributed by atoms with E-state index in [9.17, 15) is 17.6 Å². The maximum Gasteiger partial charge on any atom is 0.241 e. The van der Waals surface area contributed by atoms with Gasteiger partial charge in [0, 0.05) is 0 Å². The molecule has 1 atom stereocenters.